The van der Waals surface area contributed by atoms with Crippen LogP contribution in [0.25, 0.3) is 0 Å². The third-order valence-electron chi connectivity index (χ3n) is 1.39. The highest BCUT2D eigenvalue weighted by molar-refractivity contribution is 9.13. The van der Waals surface area contributed by atoms with Crippen molar-refractivity contribution in [2.75, 3.05) is 0 Å². The minimum atomic E-state index is -0.0550. The summed E-state index contributed by atoms with van der Waals surface area (Å²) in [5.74, 6) is 0. The third kappa shape index (κ3) is 1.86. The van der Waals surface area contributed by atoms with Gasteiger partial charge in [-0.25, -0.2) is 0 Å². The van der Waals surface area contributed by atoms with Gasteiger partial charge < -0.3 is 5.11 Å². The highest BCUT2D eigenvalue weighted by Crippen LogP contribution is 2.27. The van der Waals surface area contributed by atoms with Crippen molar-refractivity contribution in [2.45, 2.75) is 6.61 Å². The van der Waals surface area contributed by atoms with E-state index in [0.717, 1.165) is 14.5 Å². The molecule has 0 heterocycles. The van der Waals surface area contributed by atoms with Crippen LogP contribution in [-0.4, -0.2) is 5.11 Å². The first kappa shape index (κ1) is 9.72. The van der Waals surface area contributed by atoms with Gasteiger partial charge in [0, 0.05) is 8.95 Å². The van der Waals surface area contributed by atoms with E-state index in [1.807, 2.05) is 6.07 Å². The predicted molar refractivity (Wildman–Crippen MR) is 52.5 cm³/mol. The van der Waals surface area contributed by atoms with Gasteiger partial charge in [-0.15, -0.1) is 0 Å². The van der Waals surface area contributed by atoms with Crippen molar-refractivity contribution in [3.8, 4) is 6.07 Å². The molecule has 0 atom stereocenters. The molecule has 0 saturated heterocycles. The van der Waals surface area contributed by atoms with Gasteiger partial charge in [-0.3, -0.25) is 0 Å². The van der Waals surface area contributed by atoms with Gasteiger partial charge in [0.15, 0.2) is 0 Å². The molecule has 4 heteroatoms. The van der Waals surface area contributed by atoms with Crippen molar-refractivity contribution in [1.82, 2.24) is 0 Å². The fraction of sp³-hybridized carbons (Fsp3) is 0.125. The number of rotatable bonds is 1. The first-order valence-corrected chi connectivity index (χ1v) is 4.76. The molecule has 0 aliphatic rings. The normalized spacial score (nSPS) is 9.50. The molecule has 0 radical (unpaired) electrons. The van der Waals surface area contributed by atoms with E-state index in [1.54, 1.807) is 12.1 Å². The average molecular weight is 291 g/mol. The average Bonchev–Trinajstić information content (AvgIpc) is 2.09. The highest BCUT2D eigenvalue weighted by atomic mass is 79.9. The molecule has 0 amide bonds. The van der Waals surface area contributed by atoms with Crippen molar-refractivity contribution in [1.29, 1.82) is 5.26 Å². The Labute approximate surface area is 87.1 Å². The molecule has 62 valence electrons. The zero-order valence-corrected chi connectivity index (χ0v) is 9.18. The topological polar surface area (TPSA) is 44.0 Å². The molecular weight excluding hydrogens is 286 g/mol. The van der Waals surface area contributed by atoms with E-state index in [4.69, 9.17) is 10.4 Å². The molecule has 0 aliphatic heterocycles. The van der Waals surface area contributed by atoms with Gasteiger partial charge in [0.25, 0.3) is 0 Å². The van der Waals surface area contributed by atoms with E-state index < -0.39 is 0 Å². The largest absolute Gasteiger partial charge is 0.392 e. The standard InChI is InChI=1S/C8H5Br2NO/c9-7-2-5(4-12)1-6(3-11)8(7)10/h1-2,12H,4H2. The van der Waals surface area contributed by atoms with Crippen molar-refractivity contribution in [3.05, 3.63) is 32.2 Å². The van der Waals surface area contributed by atoms with Crippen molar-refractivity contribution < 1.29 is 5.11 Å². The summed E-state index contributed by atoms with van der Waals surface area (Å²) in [4.78, 5) is 0. The van der Waals surface area contributed by atoms with Crippen LogP contribution in [0.2, 0.25) is 0 Å². The molecule has 0 aromatic heterocycles. The molecule has 0 bridgehead atoms. The van der Waals surface area contributed by atoms with Crippen LogP contribution in [0.3, 0.4) is 0 Å². The molecule has 0 saturated carbocycles. The summed E-state index contributed by atoms with van der Waals surface area (Å²) in [6.45, 7) is -0.0550. The van der Waals surface area contributed by atoms with Crippen LogP contribution < -0.4 is 0 Å². The molecule has 0 spiro atoms. The fourth-order valence-electron chi connectivity index (χ4n) is 0.818. The van der Waals surface area contributed by atoms with Crippen LogP contribution in [0.5, 0.6) is 0 Å². The molecule has 1 aromatic carbocycles. The van der Waals surface area contributed by atoms with Crippen LogP contribution in [0, 0.1) is 11.3 Å². The molecule has 2 nitrogen and oxygen atoms in total. The molecule has 0 unspecified atom stereocenters. The van der Waals surface area contributed by atoms with Gasteiger partial charge in [0.05, 0.1) is 12.2 Å². The van der Waals surface area contributed by atoms with E-state index in [2.05, 4.69) is 31.9 Å². The van der Waals surface area contributed by atoms with Crippen LogP contribution >= 0.6 is 31.9 Å². The predicted octanol–water partition coefficient (Wildman–Crippen LogP) is 2.58. The summed E-state index contributed by atoms with van der Waals surface area (Å²) >= 11 is 6.52. The van der Waals surface area contributed by atoms with E-state index >= 15 is 0 Å². The van der Waals surface area contributed by atoms with Gasteiger partial charge in [-0.1, -0.05) is 0 Å². The van der Waals surface area contributed by atoms with E-state index in [9.17, 15) is 0 Å². The summed E-state index contributed by atoms with van der Waals surface area (Å²) < 4.78 is 1.51. The second-order valence-corrected chi connectivity index (χ2v) is 3.86. The van der Waals surface area contributed by atoms with Crippen LogP contribution in [-0.2, 0) is 6.61 Å². The van der Waals surface area contributed by atoms with E-state index in [0.29, 0.717) is 5.56 Å². The Morgan fingerprint density at radius 2 is 2.08 bits per heavy atom. The highest BCUT2D eigenvalue weighted by Gasteiger charge is 2.05. The Hall–Kier alpha value is -0.370. The summed E-state index contributed by atoms with van der Waals surface area (Å²) in [7, 11) is 0. The van der Waals surface area contributed by atoms with E-state index in [1.165, 1.54) is 0 Å². The smallest absolute Gasteiger partial charge is 0.100 e. The summed E-state index contributed by atoms with van der Waals surface area (Å²) in [5.41, 5.74) is 1.25. The zero-order valence-electron chi connectivity index (χ0n) is 6.01. The van der Waals surface area contributed by atoms with Gasteiger partial charge in [-0.2, -0.15) is 5.26 Å². The molecule has 0 aliphatic carbocycles. The second-order valence-electron chi connectivity index (χ2n) is 2.21. The van der Waals surface area contributed by atoms with Gasteiger partial charge in [0.1, 0.15) is 6.07 Å². The molecule has 1 rings (SSSR count). The summed E-state index contributed by atoms with van der Waals surface area (Å²) in [6.07, 6.45) is 0. The Kier molecular flexibility index (Phi) is 3.27. The second kappa shape index (κ2) is 4.04. The maximum absolute atomic E-state index is 8.83. The lowest BCUT2D eigenvalue weighted by Crippen LogP contribution is -1.87. The molecule has 0 fully saturated rings. The monoisotopic (exact) mass is 289 g/mol. The maximum atomic E-state index is 8.83. The molecular formula is C8H5Br2NO. The summed E-state index contributed by atoms with van der Waals surface area (Å²) in [5, 5.41) is 17.5. The number of nitrogens with zero attached hydrogens (tertiary/aromatic N) is 1. The number of benzene rings is 1. The number of hydrogen-bond donors (Lipinski definition) is 1. The van der Waals surface area contributed by atoms with Crippen LogP contribution in [0.4, 0.5) is 0 Å². The third-order valence-corrected chi connectivity index (χ3v) is 3.40. The van der Waals surface area contributed by atoms with Crippen molar-refractivity contribution in [3.63, 3.8) is 0 Å². The van der Waals surface area contributed by atoms with Crippen molar-refractivity contribution in [2.24, 2.45) is 0 Å². The lowest BCUT2D eigenvalue weighted by atomic mass is 10.1. The minimum Gasteiger partial charge on any atom is -0.392 e. The first-order chi connectivity index (χ1) is 5.69. The molecule has 12 heavy (non-hydrogen) atoms. The molecule has 1 aromatic rings. The minimum absolute atomic E-state index is 0.0550. The Balaban J connectivity index is 3.31. The van der Waals surface area contributed by atoms with Gasteiger partial charge >= 0.3 is 0 Å². The Bertz CT molecular complexity index is 344. The maximum Gasteiger partial charge on any atom is 0.100 e. The summed E-state index contributed by atoms with van der Waals surface area (Å²) in [6, 6.07) is 5.44. The van der Waals surface area contributed by atoms with Gasteiger partial charge in [-0.05, 0) is 49.6 Å². The van der Waals surface area contributed by atoms with E-state index in [-0.39, 0.29) is 6.61 Å². The number of aliphatic hydroxyl groups is 1. The number of hydrogen-bond acceptors (Lipinski definition) is 2. The zero-order chi connectivity index (χ0) is 9.14. The quantitative estimate of drug-likeness (QED) is 0.864. The SMILES string of the molecule is N#Cc1cc(CO)cc(Br)c1Br. The fourth-order valence-corrected chi connectivity index (χ4v) is 1.64. The van der Waals surface area contributed by atoms with Crippen LogP contribution in [0.15, 0.2) is 21.1 Å². The number of nitriles is 1. The molecule has 1 N–H and O–H groups in total. The number of halogens is 2. The van der Waals surface area contributed by atoms with Crippen LogP contribution in [0.1, 0.15) is 11.1 Å². The Morgan fingerprint density at radius 3 is 2.58 bits per heavy atom. The lowest BCUT2D eigenvalue weighted by Gasteiger charge is -2.01. The Morgan fingerprint density at radius 1 is 1.42 bits per heavy atom. The lowest BCUT2D eigenvalue weighted by molar-refractivity contribution is 0.281. The van der Waals surface area contributed by atoms with Crippen molar-refractivity contribution >= 4 is 31.9 Å². The van der Waals surface area contributed by atoms with Gasteiger partial charge in [0.2, 0.25) is 0 Å². The first-order valence-electron chi connectivity index (χ1n) is 3.18. The number of aliphatic hydroxyl groups excluding tert-OH is 1.